The molecule has 0 N–H and O–H groups in total. The van der Waals surface area contributed by atoms with Crippen LogP contribution in [-0.4, -0.2) is 55.4 Å². The molecule has 1 amide bonds. The standard InChI is InChI=1S/C29H27N3O5/c1-34-23-17-24(35-2)26(25(18-23)36-3)19-13-15-32(16-14-19)29(33)22-11-9-21(10-12-22)28-31-30-27(37-28)20-7-5-4-6-8-20/h4-13,17-18H,14-16H2,1-3H3. The summed E-state index contributed by atoms with van der Waals surface area (Å²) in [5.41, 5.74) is 4.17. The van der Waals surface area contributed by atoms with Crippen molar-refractivity contribution in [2.45, 2.75) is 6.42 Å². The third kappa shape index (κ3) is 4.91. The van der Waals surface area contributed by atoms with Gasteiger partial charge in [-0.15, -0.1) is 10.2 Å². The van der Waals surface area contributed by atoms with Crippen molar-refractivity contribution in [3.05, 3.63) is 83.9 Å². The Morgan fingerprint density at radius 2 is 1.46 bits per heavy atom. The highest BCUT2D eigenvalue weighted by molar-refractivity contribution is 5.95. The number of nitrogens with zero attached hydrogens (tertiary/aromatic N) is 3. The SMILES string of the molecule is COc1cc(OC)c(C2=CCN(C(=O)c3ccc(-c4nnc(-c5ccccc5)o4)cc3)CC2)c(OC)c1. The van der Waals surface area contributed by atoms with Gasteiger partial charge in [-0.25, -0.2) is 0 Å². The number of amides is 1. The van der Waals surface area contributed by atoms with E-state index in [0.717, 1.165) is 22.3 Å². The maximum atomic E-state index is 13.2. The molecule has 0 atom stereocenters. The monoisotopic (exact) mass is 497 g/mol. The molecule has 0 unspecified atom stereocenters. The predicted molar refractivity (Wildman–Crippen MR) is 140 cm³/mol. The molecule has 188 valence electrons. The van der Waals surface area contributed by atoms with Gasteiger partial charge < -0.3 is 23.5 Å². The fourth-order valence-corrected chi connectivity index (χ4v) is 4.38. The molecule has 4 aromatic rings. The summed E-state index contributed by atoms with van der Waals surface area (Å²) in [6, 6.07) is 20.5. The molecule has 1 aromatic heterocycles. The van der Waals surface area contributed by atoms with Gasteiger partial charge in [0.25, 0.3) is 5.91 Å². The molecule has 1 aliphatic heterocycles. The summed E-state index contributed by atoms with van der Waals surface area (Å²) in [7, 11) is 4.85. The van der Waals surface area contributed by atoms with E-state index in [1.807, 2.05) is 65.6 Å². The summed E-state index contributed by atoms with van der Waals surface area (Å²) in [5, 5.41) is 8.29. The van der Waals surface area contributed by atoms with Crippen molar-refractivity contribution in [2.24, 2.45) is 0 Å². The van der Waals surface area contributed by atoms with Crippen molar-refractivity contribution in [1.82, 2.24) is 15.1 Å². The molecule has 0 fully saturated rings. The van der Waals surface area contributed by atoms with Crippen molar-refractivity contribution in [1.29, 1.82) is 0 Å². The van der Waals surface area contributed by atoms with E-state index in [4.69, 9.17) is 18.6 Å². The lowest BCUT2D eigenvalue weighted by molar-refractivity contribution is 0.0773. The van der Waals surface area contributed by atoms with E-state index >= 15 is 0 Å². The van der Waals surface area contributed by atoms with Gasteiger partial charge in [-0.3, -0.25) is 4.79 Å². The van der Waals surface area contributed by atoms with Crippen LogP contribution in [0.15, 0.2) is 77.2 Å². The first-order valence-corrected chi connectivity index (χ1v) is 11.9. The second-order valence-electron chi connectivity index (χ2n) is 8.49. The van der Waals surface area contributed by atoms with Gasteiger partial charge >= 0.3 is 0 Å². The lowest BCUT2D eigenvalue weighted by Crippen LogP contribution is -2.34. The smallest absolute Gasteiger partial charge is 0.254 e. The maximum Gasteiger partial charge on any atom is 0.254 e. The first kappa shape index (κ1) is 24.1. The minimum Gasteiger partial charge on any atom is -0.496 e. The number of carbonyl (C=O) groups is 1. The normalized spacial score (nSPS) is 13.2. The average molecular weight is 498 g/mol. The van der Waals surface area contributed by atoms with Gasteiger partial charge in [0.05, 0.1) is 26.9 Å². The Morgan fingerprint density at radius 1 is 0.838 bits per heavy atom. The zero-order valence-electron chi connectivity index (χ0n) is 20.9. The molecule has 5 rings (SSSR count). The molecule has 0 aliphatic carbocycles. The van der Waals surface area contributed by atoms with Crippen molar-refractivity contribution >= 4 is 11.5 Å². The Hall–Kier alpha value is -4.59. The van der Waals surface area contributed by atoms with Crippen molar-refractivity contribution in [3.8, 4) is 40.2 Å². The molecule has 0 bridgehead atoms. The number of ether oxygens (including phenoxy) is 3. The highest BCUT2D eigenvalue weighted by atomic mass is 16.5. The third-order valence-corrected chi connectivity index (χ3v) is 6.36. The lowest BCUT2D eigenvalue weighted by atomic mass is 9.96. The van der Waals surface area contributed by atoms with Crippen molar-refractivity contribution < 1.29 is 23.4 Å². The quantitative estimate of drug-likeness (QED) is 0.340. The number of methoxy groups -OCH3 is 3. The summed E-state index contributed by atoms with van der Waals surface area (Å²) < 4.78 is 22.4. The van der Waals surface area contributed by atoms with E-state index in [0.29, 0.717) is 54.1 Å². The van der Waals surface area contributed by atoms with Crippen LogP contribution in [0.5, 0.6) is 17.2 Å². The summed E-state index contributed by atoms with van der Waals surface area (Å²) in [6.07, 6.45) is 2.72. The number of carbonyl (C=O) groups excluding carboxylic acids is 1. The minimum atomic E-state index is -0.0361. The van der Waals surface area contributed by atoms with Crippen LogP contribution in [0.4, 0.5) is 0 Å². The van der Waals surface area contributed by atoms with E-state index in [2.05, 4.69) is 10.2 Å². The summed E-state index contributed by atoms with van der Waals surface area (Å²) >= 11 is 0. The van der Waals surface area contributed by atoms with Crippen LogP contribution >= 0.6 is 0 Å². The molecule has 8 heteroatoms. The van der Waals surface area contributed by atoms with Gasteiger partial charge in [-0.05, 0) is 48.4 Å². The van der Waals surface area contributed by atoms with Crippen molar-refractivity contribution in [2.75, 3.05) is 34.4 Å². The predicted octanol–water partition coefficient (Wildman–Crippen LogP) is 5.36. The lowest BCUT2D eigenvalue weighted by Gasteiger charge is -2.28. The largest absolute Gasteiger partial charge is 0.496 e. The molecule has 0 radical (unpaired) electrons. The van der Waals surface area contributed by atoms with Crippen LogP contribution < -0.4 is 14.2 Å². The third-order valence-electron chi connectivity index (χ3n) is 6.36. The van der Waals surface area contributed by atoms with E-state index in [-0.39, 0.29) is 5.91 Å². The fraction of sp³-hybridized carbons (Fsp3) is 0.207. The van der Waals surface area contributed by atoms with Gasteiger partial charge in [0.2, 0.25) is 11.8 Å². The van der Waals surface area contributed by atoms with Crippen LogP contribution in [0.25, 0.3) is 28.5 Å². The number of benzene rings is 3. The number of rotatable bonds is 7. The molecule has 8 nitrogen and oxygen atoms in total. The van der Waals surface area contributed by atoms with Gasteiger partial charge in [0.15, 0.2) is 0 Å². The molecule has 0 saturated carbocycles. The summed E-state index contributed by atoms with van der Waals surface area (Å²) in [4.78, 5) is 15.0. The molecule has 3 aromatic carbocycles. The van der Waals surface area contributed by atoms with Gasteiger partial charge in [-0.2, -0.15) is 0 Å². The maximum absolute atomic E-state index is 13.2. The van der Waals surface area contributed by atoms with E-state index in [1.165, 1.54) is 0 Å². The van der Waals surface area contributed by atoms with Gasteiger partial charge in [0, 0.05) is 41.9 Å². The van der Waals surface area contributed by atoms with E-state index in [9.17, 15) is 4.79 Å². The van der Waals surface area contributed by atoms with Crippen molar-refractivity contribution in [3.63, 3.8) is 0 Å². The van der Waals surface area contributed by atoms with Crippen LogP contribution in [0.2, 0.25) is 0 Å². The average Bonchev–Trinajstić information content (AvgIpc) is 3.47. The Kier molecular flexibility index (Phi) is 6.89. The Labute approximate surface area is 215 Å². The molecular weight excluding hydrogens is 470 g/mol. The fourth-order valence-electron chi connectivity index (χ4n) is 4.38. The molecule has 0 spiro atoms. The zero-order chi connectivity index (χ0) is 25.8. The molecule has 37 heavy (non-hydrogen) atoms. The van der Waals surface area contributed by atoms with Crippen LogP contribution in [-0.2, 0) is 0 Å². The number of hydrogen-bond acceptors (Lipinski definition) is 7. The van der Waals surface area contributed by atoms with Gasteiger partial charge in [0.1, 0.15) is 17.2 Å². The highest BCUT2D eigenvalue weighted by Gasteiger charge is 2.24. The first-order chi connectivity index (χ1) is 18.1. The Bertz CT molecular complexity index is 1400. The minimum absolute atomic E-state index is 0.0361. The summed E-state index contributed by atoms with van der Waals surface area (Å²) in [5.74, 6) is 2.84. The van der Waals surface area contributed by atoms with Crippen LogP contribution in [0.1, 0.15) is 22.3 Å². The van der Waals surface area contributed by atoms with E-state index < -0.39 is 0 Å². The molecule has 2 heterocycles. The molecular formula is C29H27N3O5. The summed E-state index contributed by atoms with van der Waals surface area (Å²) in [6.45, 7) is 1.06. The van der Waals surface area contributed by atoms with Gasteiger partial charge in [-0.1, -0.05) is 24.3 Å². The zero-order valence-corrected chi connectivity index (χ0v) is 20.9. The highest BCUT2D eigenvalue weighted by Crippen LogP contribution is 2.41. The second kappa shape index (κ2) is 10.6. The Morgan fingerprint density at radius 3 is 2.00 bits per heavy atom. The Balaban J connectivity index is 1.30. The number of aromatic nitrogens is 2. The number of hydrogen-bond donors (Lipinski definition) is 0. The van der Waals surface area contributed by atoms with Crippen LogP contribution in [0, 0.1) is 0 Å². The second-order valence-corrected chi connectivity index (χ2v) is 8.49. The molecule has 0 saturated heterocycles. The topological polar surface area (TPSA) is 86.9 Å². The van der Waals surface area contributed by atoms with E-state index in [1.54, 1.807) is 33.5 Å². The first-order valence-electron chi connectivity index (χ1n) is 11.9. The molecule has 1 aliphatic rings. The van der Waals surface area contributed by atoms with Crippen LogP contribution in [0.3, 0.4) is 0 Å².